The summed E-state index contributed by atoms with van der Waals surface area (Å²) in [7, 11) is 0. The number of carbonyl (C=O) groups excluding carboxylic acids is 1. The topological polar surface area (TPSA) is 70.8 Å². The molecule has 0 unspecified atom stereocenters. The minimum atomic E-state index is -2.65. The van der Waals surface area contributed by atoms with Crippen LogP contribution in [0.1, 0.15) is 40.5 Å². The summed E-state index contributed by atoms with van der Waals surface area (Å²) in [5.41, 5.74) is -0.112. The second-order valence-electron chi connectivity index (χ2n) is 3.84. The Hall–Kier alpha value is -1.92. The van der Waals surface area contributed by atoms with Crippen molar-refractivity contribution in [2.45, 2.75) is 26.7 Å². The van der Waals surface area contributed by atoms with Crippen LogP contribution in [-0.2, 0) is 6.42 Å². The van der Waals surface area contributed by atoms with Gasteiger partial charge in [-0.2, -0.15) is 0 Å². The van der Waals surface area contributed by atoms with E-state index in [0.29, 0.717) is 6.42 Å². The minimum absolute atomic E-state index is 0.0910. The lowest BCUT2D eigenvalue weighted by Crippen LogP contribution is -2.34. The first-order valence-corrected chi connectivity index (χ1v) is 5.84. The Balaban J connectivity index is 3.01. The van der Waals surface area contributed by atoms with Crippen molar-refractivity contribution in [1.29, 1.82) is 0 Å². The van der Waals surface area contributed by atoms with E-state index in [4.69, 9.17) is 9.52 Å². The maximum atomic E-state index is 12.3. The molecule has 0 bridgehead atoms. The van der Waals surface area contributed by atoms with Gasteiger partial charge in [0.25, 0.3) is 12.3 Å². The number of aryl methyl sites for hydroxylation is 1. The number of carboxylic acids is 1. The van der Waals surface area contributed by atoms with Crippen molar-refractivity contribution in [3.05, 3.63) is 23.2 Å². The molecule has 0 saturated carbocycles. The predicted octanol–water partition coefficient (Wildman–Crippen LogP) is 2.27. The molecule has 7 heteroatoms. The third kappa shape index (κ3) is 3.52. The highest BCUT2D eigenvalue weighted by Gasteiger charge is 2.24. The maximum Gasteiger partial charge on any atom is 0.339 e. The fourth-order valence-corrected chi connectivity index (χ4v) is 1.66. The maximum absolute atomic E-state index is 12.3. The average Bonchev–Trinajstić information content (AvgIpc) is 2.79. The molecule has 0 aliphatic heterocycles. The van der Waals surface area contributed by atoms with Gasteiger partial charge in [0.15, 0.2) is 5.76 Å². The molecular formula is C12H15F2NO4. The van der Waals surface area contributed by atoms with Crippen LogP contribution in [0.15, 0.2) is 10.5 Å². The minimum Gasteiger partial charge on any atom is -0.478 e. The van der Waals surface area contributed by atoms with Gasteiger partial charge in [0, 0.05) is 19.0 Å². The smallest absolute Gasteiger partial charge is 0.339 e. The van der Waals surface area contributed by atoms with Gasteiger partial charge in [0.2, 0.25) is 0 Å². The number of rotatable bonds is 6. The van der Waals surface area contributed by atoms with Crippen LogP contribution >= 0.6 is 0 Å². The number of carbonyl (C=O) groups is 2. The van der Waals surface area contributed by atoms with E-state index in [0.717, 1.165) is 11.0 Å². The SMILES string of the molecule is CCc1oc(C(=O)N(CC)CC(F)F)cc1C(=O)O. The van der Waals surface area contributed by atoms with E-state index < -0.39 is 24.8 Å². The summed E-state index contributed by atoms with van der Waals surface area (Å²) in [6.07, 6.45) is -2.35. The summed E-state index contributed by atoms with van der Waals surface area (Å²) in [6.45, 7) is 2.62. The zero-order chi connectivity index (χ0) is 14.6. The van der Waals surface area contributed by atoms with Crippen molar-refractivity contribution in [2.75, 3.05) is 13.1 Å². The van der Waals surface area contributed by atoms with Crippen LogP contribution in [0.3, 0.4) is 0 Å². The number of nitrogens with zero attached hydrogens (tertiary/aromatic N) is 1. The first-order valence-electron chi connectivity index (χ1n) is 5.84. The van der Waals surface area contributed by atoms with E-state index in [1.807, 2.05) is 0 Å². The summed E-state index contributed by atoms with van der Waals surface area (Å²) in [5.74, 6) is -2.01. The Morgan fingerprint density at radius 2 is 2.05 bits per heavy atom. The summed E-state index contributed by atoms with van der Waals surface area (Å²) < 4.78 is 29.8. The fraction of sp³-hybridized carbons (Fsp3) is 0.500. The Kier molecular flexibility index (Phi) is 5.02. The molecule has 0 fully saturated rings. The van der Waals surface area contributed by atoms with E-state index >= 15 is 0 Å². The Bertz CT molecular complexity index is 470. The molecule has 0 saturated heterocycles. The molecule has 0 radical (unpaired) electrons. The van der Waals surface area contributed by atoms with Crippen molar-refractivity contribution in [3.63, 3.8) is 0 Å². The van der Waals surface area contributed by atoms with Gasteiger partial charge >= 0.3 is 5.97 Å². The number of hydrogen-bond donors (Lipinski definition) is 1. The highest BCUT2D eigenvalue weighted by molar-refractivity contribution is 5.96. The molecule has 1 N–H and O–H groups in total. The molecule has 0 spiro atoms. The zero-order valence-electron chi connectivity index (χ0n) is 10.7. The normalized spacial score (nSPS) is 10.8. The van der Waals surface area contributed by atoms with E-state index in [-0.39, 0.29) is 23.6 Å². The molecule has 5 nitrogen and oxygen atoms in total. The molecule has 1 heterocycles. The van der Waals surface area contributed by atoms with Gasteiger partial charge in [-0.1, -0.05) is 6.92 Å². The van der Waals surface area contributed by atoms with Crippen molar-refractivity contribution in [2.24, 2.45) is 0 Å². The number of hydrogen-bond acceptors (Lipinski definition) is 3. The average molecular weight is 275 g/mol. The van der Waals surface area contributed by atoms with Crippen LogP contribution in [0.4, 0.5) is 8.78 Å². The Labute approximate surface area is 108 Å². The summed E-state index contributed by atoms with van der Waals surface area (Å²) in [6, 6.07) is 1.08. The Morgan fingerprint density at radius 1 is 1.42 bits per heavy atom. The number of furan rings is 1. The van der Waals surface area contributed by atoms with Crippen LogP contribution in [0.2, 0.25) is 0 Å². The first-order chi connectivity index (χ1) is 8.90. The number of alkyl halides is 2. The molecule has 19 heavy (non-hydrogen) atoms. The van der Waals surface area contributed by atoms with Crippen molar-refractivity contribution < 1.29 is 27.9 Å². The van der Waals surface area contributed by atoms with Gasteiger partial charge in [0.1, 0.15) is 11.3 Å². The van der Waals surface area contributed by atoms with E-state index in [9.17, 15) is 18.4 Å². The third-order valence-electron chi connectivity index (χ3n) is 2.60. The van der Waals surface area contributed by atoms with Gasteiger partial charge in [-0.3, -0.25) is 4.79 Å². The molecule has 1 rings (SSSR count). The second-order valence-corrected chi connectivity index (χ2v) is 3.84. The number of aromatic carboxylic acids is 1. The standard InChI is InChI=1S/C12H15F2NO4/c1-3-8-7(12(17)18)5-9(19-8)11(16)15(4-2)6-10(13)14/h5,10H,3-4,6H2,1-2H3,(H,17,18). The highest BCUT2D eigenvalue weighted by atomic mass is 19.3. The van der Waals surface area contributed by atoms with E-state index in [2.05, 4.69) is 0 Å². The van der Waals surface area contributed by atoms with Crippen LogP contribution in [0.5, 0.6) is 0 Å². The molecular weight excluding hydrogens is 260 g/mol. The molecule has 0 aliphatic rings. The summed E-state index contributed by atoms with van der Waals surface area (Å²) in [4.78, 5) is 23.8. The lowest BCUT2D eigenvalue weighted by Gasteiger charge is -2.18. The molecule has 0 aromatic carbocycles. The van der Waals surface area contributed by atoms with Crippen LogP contribution < -0.4 is 0 Å². The monoisotopic (exact) mass is 275 g/mol. The third-order valence-corrected chi connectivity index (χ3v) is 2.60. The van der Waals surface area contributed by atoms with Gasteiger partial charge in [-0.25, -0.2) is 13.6 Å². The summed E-state index contributed by atoms with van der Waals surface area (Å²) >= 11 is 0. The zero-order valence-corrected chi connectivity index (χ0v) is 10.7. The first kappa shape index (κ1) is 15.1. The van der Waals surface area contributed by atoms with Gasteiger partial charge in [0.05, 0.1) is 6.54 Å². The molecule has 1 amide bonds. The quantitative estimate of drug-likeness (QED) is 0.864. The van der Waals surface area contributed by atoms with E-state index in [1.54, 1.807) is 13.8 Å². The number of amides is 1. The predicted molar refractivity (Wildman–Crippen MR) is 62.6 cm³/mol. The molecule has 106 valence electrons. The van der Waals surface area contributed by atoms with Gasteiger partial charge in [-0.15, -0.1) is 0 Å². The van der Waals surface area contributed by atoms with Gasteiger partial charge in [-0.05, 0) is 6.92 Å². The molecule has 0 atom stereocenters. The number of carboxylic acid groups (broad SMARTS) is 1. The fourth-order valence-electron chi connectivity index (χ4n) is 1.66. The van der Waals surface area contributed by atoms with Gasteiger partial charge < -0.3 is 14.4 Å². The summed E-state index contributed by atoms with van der Waals surface area (Å²) in [5, 5.41) is 8.93. The highest BCUT2D eigenvalue weighted by Crippen LogP contribution is 2.18. The van der Waals surface area contributed by atoms with Crippen molar-refractivity contribution >= 4 is 11.9 Å². The van der Waals surface area contributed by atoms with E-state index in [1.165, 1.54) is 0 Å². The lowest BCUT2D eigenvalue weighted by atomic mass is 10.2. The molecule has 1 aromatic heterocycles. The molecule has 0 aliphatic carbocycles. The van der Waals surface area contributed by atoms with Crippen molar-refractivity contribution in [1.82, 2.24) is 4.90 Å². The molecule has 1 aromatic rings. The van der Waals surface area contributed by atoms with Crippen molar-refractivity contribution in [3.8, 4) is 0 Å². The largest absolute Gasteiger partial charge is 0.478 e. The second kappa shape index (κ2) is 6.31. The van der Waals surface area contributed by atoms with Crippen LogP contribution in [0, 0.1) is 0 Å². The van der Waals surface area contributed by atoms with Crippen LogP contribution in [-0.4, -0.2) is 41.4 Å². The Morgan fingerprint density at radius 3 is 2.42 bits per heavy atom. The number of halogens is 2. The van der Waals surface area contributed by atoms with Crippen LogP contribution in [0.25, 0.3) is 0 Å². The lowest BCUT2D eigenvalue weighted by molar-refractivity contribution is 0.0541.